The van der Waals surface area contributed by atoms with Crippen LogP contribution in [0.25, 0.3) is 20.4 Å². The van der Waals surface area contributed by atoms with Crippen LogP contribution < -0.4 is 5.32 Å². The topological polar surface area (TPSA) is 61.3 Å². The molecule has 1 aliphatic heterocycles. The molecule has 156 valence electrons. The van der Waals surface area contributed by atoms with Crippen LogP contribution in [0.5, 0.6) is 0 Å². The molecule has 30 heavy (non-hydrogen) atoms. The van der Waals surface area contributed by atoms with Gasteiger partial charge in [-0.15, -0.1) is 22.7 Å². The van der Waals surface area contributed by atoms with Crippen molar-refractivity contribution in [3.8, 4) is 0 Å². The zero-order valence-corrected chi connectivity index (χ0v) is 18.5. The number of aliphatic hydroxyl groups excluding tert-OH is 1. The highest BCUT2D eigenvalue weighted by Gasteiger charge is 2.42. The van der Waals surface area contributed by atoms with Gasteiger partial charge in [0.25, 0.3) is 0 Å². The lowest BCUT2D eigenvalue weighted by molar-refractivity contribution is 0.127. The summed E-state index contributed by atoms with van der Waals surface area (Å²) in [5, 5.41) is 13.7. The minimum atomic E-state index is -0.288. The second kappa shape index (κ2) is 7.53. The van der Waals surface area contributed by atoms with Crippen LogP contribution >= 0.6 is 22.7 Å². The van der Waals surface area contributed by atoms with E-state index in [9.17, 15) is 9.50 Å². The molecule has 5 rings (SSSR count). The molecule has 4 heterocycles. The number of aliphatic hydroxyl groups is 1. The molecule has 0 saturated carbocycles. The number of hydrogen-bond acceptors (Lipinski definition) is 7. The first-order chi connectivity index (χ1) is 14.5. The molecule has 0 bridgehead atoms. The fourth-order valence-electron chi connectivity index (χ4n) is 4.52. The average molecular weight is 443 g/mol. The third-order valence-corrected chi connectivity index (χ3v) is 8.16. The summed E-state index contributed by atoms with van der Waals surface area (Å²) in [5.41, 5.74) is 3.76. The summed E-state index contributed by atoms with van der Waals surface area (Å²) in [4.78, 5) is 13.4. The molecule has 1 saturated heterocycles. The van der Waals surface area contributed by atoms with Crippen LogP contribution in [0.2, 0.25) is 0 Å². The van der Waals surface area contributed by atoms with Gasteiger partial charge in [0.15, 0.2) is 0 Å². The molecular formula is C22H23FN4OS2. The van der Waals surface area contributed by atoms with E-state index in [1.165, 1.54) is 22.3 Å². The number of rotatable bonds is 5. The van der Waals surface area contributed by atoms with Gasteiger partial charge in [0.2, 0.25) is 0 Å². The smallest absolute Gasteiger partial charge is 0.148 e. The number of aromatic nitrogens is 2. The van der Waals surface area contributed by atoms with E-state index in [1.807, 2.05) is 6.07 Å². The van der Waals surface area contributed by atoms with Crippen LogP contribution in [0.3, 0.4) is 0 Å². The van der Waals surface area contributed by atoms with Gasteiger partial charge in [-0.2, -0.15) is 0 Å². The molecule has 0 spiro atoms. The van der Waals surface area contributed by atoms with E-state index >= 15 is 0 Å². The number of pyridine rings is 1. The predicted octanol–water partition coefficient (Wildman–Crippen LogP) is 5.35. The van der Waals surface area contributed by atoms with Crippen molar-refractivity contribution in [3.63, 3.8) is 0 Å². The van der Waals surface area contributed by atoms with Crippen LogP contribution in [0.4, 0.5) is 15.8 Å². The van der Waals surface area contributed by atoms with Crippen molar-refractivity contribution in [2.75, 3.05) is 25.0 Å². The van der Waals surface area contributed by atoms with Crippen LogP contribution in [0, 0.1) is 5.82 Å². The highest BCUT2D eigenvalue weighted by molar-refractivity contribution is 7.18. The normalized spacial score (nSPS) is 19.1. The third kappa shape index (κ3) is 3.28. The Morgan fingerprint density at radius 3 is 2.97 bits per heavy atom. The second-order valence-electron chi connectivity index (χ2n) is 8.21. The highest BCUT2D eigenvalue weighted by atomic mass is 32.1. The Morgan fingerprint density at radius 1 is 1.27 bits per heavy atom. The van der Waals surface area contributed by atoms with Crippen molar-refractivity contribution in [3.05, 3.63) is 46.7 Å². The lowest BCUT2D eigenvalue weighted by atomic mass is 9.87. The molecule has 8 heteroatoms. The first-order valence-electron chi connectivity index (χ1n) is 10.0. The number of anilines is 2. The van der Waals surface area contributed by atoms with Crippen LogP contribution in [-0.2, 0) is 0 Å². The molecular weight excluding hydrogens is 419 g/mol. The zero-order valence-electron chi connectivity index (χ0n) is 16.9. The van der Waals surface area contributed by atoms with Crippen molar-refractivity contribution in [2.45, 2.75) is 31.7 Å². The quantitative estimate of drug-likeness (QED) is 0.436. The Hall–Kier alpha value is -2.13. The third-order valence-electron chi connectivity index (χ3n) is 6.21. The van der Waals surface area contributed by atoms with Gasteiger partial charge in [-0.3, -0.25) is 4.90 Å². The summed E-state index contributed by atoms with van der Waals surface area (Å²) in [6.07, 6.45) is 2.82. The molecule has 1 fully saturated rings. The summed E-state index contributed by atoms with van der Waals surface area (Å²) in [6.45, 7) is 6.33. The van der Waals surface area contributed by atoms with Crippen molar-refractivity contribution in [1.82, 2.24) is 14.9 Å². The van der Waals surface area contributed by atoms with Crippen LogP contribution in [-0.4, -0.2) is 45.2 Å². The monoisotopic (exact) mass is 442 g/mol. The first-order valence-corrected chi connectivity index (χ1v) is 11.7. The van der Waals surface area contributed by atoms with Gasteiger partial charge in [-0.05, 0) is 51.1 Å². The van der Waals surface area contributed by atoms with Crippen molar-refractivity contribution in [2.24, 2.45) is 0 Å². The fraction of sp³-hybridized carbons (Fsp3) is 0.364. The van der Waals surface area contributed by atoms with Gasteiger partial charge in [0.05, 0.1) is 33.7 Å². The summed E-state index contributed by atoms with van der Waals surface area (Å²) >= 11 is 3.14. The predicted molar refractivity (Wildman–Crippen MR) is 123 cm³/mol. The van der Waals surface area contributed by atoms with Gasteiger partial charge in [0.1, 0.15) is 10.6 Å². The van der Waals surface area contributed by atoms with E-state index in [1.54, 1.807) is 29.1 Å². The van der Waals surface area contributed by atoms with E-state index in [4.69, 9.17) is 0 Å². The Labute approximate surface area is 182 Å². The van der Waals surface area contributed by atoms with Gasteiger partial charge in [-0.1, -0.05) is 0 Å². The number of nitrogens with zero attached hydrogens (tertiary/aromatic N) is 3. The average Bonchev–Trinajstić information content (AvgIpc) is 3.40. The summed E-state index contributed by atoms with van der Waals surface area (Å²) < 4.78 is 15.5. The second-order valence-corrected chi connectivity index (χ2v) is 10.2. The molecule has 0 unspecified atom stereocenters. The summed E-state index contributed by atoms with van der Waals surface area (Å²) in [5.74, 6) is 0.0860. The largest absolute Gasteiger partial charge is 0.395 e. The lowest BCUT2D eigenvalue weighted by Gasteiger charge is -2.35. The number of nitrogens with one attached hydrogen (secondary N) is 1. The van der Waals surface area contributed by atoms with Crippen LogP contribution in [0.15, 0.2) is 36.0 Å². The maximum Gasteiger partial charge on any atom is 0.148 e. The molecule has 0 amide bonds. The molecule has 1 aromatic carbocycles. The van der Waals surface area contributed by atoms with E-state index < -0.39 is 0 Å². The Bertz CT molecular complexity index is 1220. The zero-order chi connectivity index (χ0) is 20.9. The summed E-state index contributed by atoms with van der Waals surface area (Å²) in [6, 6.07) is 7.38. The van der Waals surface area contributed by atoms with E-state index in [0.717, 1.165) is 39.1 Å². The maximum absolute atomic E-state index is 14.6. The maximum atomic E-state index is 14.6. The van der Waals surface area contributed by atoms with E-state index in [-0.39, 0.29) is 18.0 Å². The minimum absolute atomic E-state index is 0.0288. The summed E-state index contributed by atoms with van der Waals surface area (Å²) in [7, 11) is 0. The molecule has 1 aliphatic rings. The Morgan fingerprint density at radius 2 is 2.13 bits per heavy atom. The van der Waals surface area contributed by atoms with E-state index in [2.05, 4.69) is 40.1 Å². The number of likely N-dealkylation sites (tertiary alicyclic amines) is 1. The van der Waals surface area contributed by atoms with Gasteiger partial charge in [-0.25, -0.2) is 14.4 Å². The standard InChI is InChI=1S/C22H23FN4OS2/c1-22(2)14(4-6-27(22)7-8-28)19-9-13-16(3-5-24-21(13)30-19)26-17-11-18-20(10-15(17)23)29-12-25-18/h3,5,9-12,14,28H,4,6-8H2,1-2H3,(H,24,26)/t14-/m1/s1. The molecule has 1 atom stereocenters. The van der Waals surface area contributed by atoms with Crippen molar-refractivity contribution >= 4 is 54.5 Å². The van der Waals surface area contributed by atoms with Gasteiger partial charge in [0, 0.05) is 34.5 Å². The number of β-amino-alcohol motifs (C(OH)–C–C–N with tert-alkyl or cyclic N) is 1. The number of hydrogen-bond donors (Lipinski definition) is 2. The highest BCUT2D eigenvalue weighted by Crippen LogP contribution is 2.46. The van der Waals surface area contributed by atoms with Crippen molar-refractivity contribution in [1.29, 1.82) is 0 Å². The molecule has 4 aromatic rings. The number of fused-ring (bicyclic) bond motifs is 2. The Balaban J connectivity index is 1.50. The number of thiazole rings is 1. The number of benzene rings is 1. The molecule has 2 N–H and O–H groups in total. The first kappa shape index (κ1) is 19.8. The van der Waals surface area contributed by atoms with Gasteiger partial charge >= 0.3 is 0 Å². The van der Waals surface area contributed by atoms with E-state index in [0.29, 0.717) is 18.2 Å². The minimum Gasteiger partial charge on any atom is -0.395 e. The lowest BCUT2D eigenvalue weighted by Crippen LogP contribution is -2.42. The molecule has 0 radical (unpaired) electrons. The van der Waals surface area contributed by atoms with Crippen LogP contribution in [0.1, 0.15) is 31.1 Å². The SMILES string of the molecule is CC1(C)[C@@H](c2cc3c(Nc4cc5ncsc5cc4F)ccnc3s2)CCN1CCO. The molecule has 5 nitrogen and oxygen atoms in total. The van der Waals surface area contributed by atoms with Crippen molar-refractivity contribution < 1.29 is 9.50 Å². The molecule has 3 aromatic heterocycles. The fourth-order valence-corrected chi connectivity index (χ4v) is 6.54. The Kier molecular flexibility index (Phi) is 4.97. The molecule has 0 aliphatic carbocycles. The van der Waals surface area contributed by atoms with Gasteiger partial charge < -0.3 is 10.4 Å². The number of halogens is 1. The number of thiophene rings is 1.